The number of benzene rings is 1. The van der Waals surface area contributed by atoms with Gasteiger partial charge >= 0.3 is 12.1 Å². The molecule has 1 aromatic heterocycles. The summed E-state index contributed by atoms with van der Waals surface area (Å²) in [5, 5.41) is 1.75. The van der Waals surface area contributed by atoms with E-state index in [1.54, 1.807) is 0 Å². The van der Waals surface area contributed by atoms with E-state index in [-0.39, 0.29) is 27.9 Å². The van der Waals surface area contributed by atoms with Gasteiger partial charge in [0, 0.05) is 5.02 Å². The van der Waals surface area contributed by atoms with E-state index in [2.05, 4.69) is 15.0 Å². The standard InChI is InChI=1S/C17H16ClF3N2O5S2/c1-4-28-13(24)11-12(17(19,20)21)22-15(29-11)23-14(25)16(2,3)30(26,27)10-7-5-9(18)6-8-10/h5-8H,4H2,1-3H3,(H,22,23,25). The van der Waals surface area contributed by atoms with Crippen LogP contribution >= 0.6 is 22.9 Å². The Hall–Kier alpha value is -2.18. The zero-order valence-electron chi connectivity index (χ0n) is 15.8. The van der Waals surface area contributed by atoms with Gasteiger partial charge < -0.3 is 10.1 Å². The molecule has 0 spiro atoms. The lowest BCUT2D eigenvalue weighted by atomic mass is 10.2. The van der Waals surface area contributed by atoms with E-state index in [1.807, 2.05) is 0 Å². The largest absolute Gasteiger partial charge is 0.462 e. The quantitative estimate of drug-likeness (QED) is 0.617. The molecule has 0 atom stereocenters. The van der Waals surface area contributed by atoms with Gasteiger partial charge in [-0.05, 0) is 45.0 Å². The lowest BCUT2D eigenvalue weighted by Crippen LogP contribution is -2.44. The van der Waals surface area contributed by atoms with Crippen molar-refractivity contribution in [3.63, 3.8) is 0 Å². The predicted molar refractivity (Wildman–Crippen MR) is 104 cm³/mol. The minimum absolute atomic E-state index is 0.165. The normalized spacial score (nSPS) is 12.5. The Labute approximate surface area is 179 Å². The molecule has 0 fully saturated rings. The summed E-state index contributed by atoms with van der Waals surface area (Å²) in [7, 11) is -4.24. The van der Waals surface area contributed by atoms with Crippen LogP contribution in [0.2, 0.25) is 5.02 Å². The number of nitrogens with zero attached hydrogens (tertiary/aromatic N) is 1. The van der Waals surface area contributed by atoms with Gasteiger partial charge in [-0.15, -0.1) is 0 Å². The fourth-order valence-electron chi connectivity index (χ4n) is 2.18. The summed E-state index contributed by atoms with van der Waals surface area (Å²) in [6.07, 6.45) is -4.98. The first kappa shape index (κ1) is 24.1. The van der Waals surface area contributed by atoms with E-state index in [0.717, 1.165) is 13.8 Å². The first-order valence-electron chi connectivity index (χ1n) is 8.28. The van der Waals surface area contributed by atoms with Crippen molar-refractivity contribution in [3.05, 3.63) is 39.9 Å². The number of thiazole rings is 1. The maximum Gasteiger partial charge on any atom is 0.435 e. The molecule has 1 heterocycles. The molecule has 0 aliphatic carbocycles. The average molecular weight is 485 g/mol. The first-order chi connectivity index (χ1) is 13.7. The van der Waals surface area contributed by atoms with E-state index in [9.17, 15) is 31.2 Å². The molecular formula is C17H16ClF3N2O5S2. The molecule has 164 valence electrons. The van der Waals surface area contributed by atoms with Gasteiger partial charge in [-0.25, -0.2) is 18.2 Å². The molecule has 1 amide bonds. The Morgan fingerprint density at radius 1 is 1.20 bits per heavy atom. The van der Waals surface area contributed by atoms with Gasteiger partial charge in [0.2, 0.25) is 5.91 Å². The van der Waals surface area contributed by atoms with E-state index in [4.69, 9.17) is 11.6 Å². The molecule has 2 aromatic rings. The molecule has 0 aliphatic rings. The number of carbonyl (C=O) groups excluding carboxylic acids is 2. The van der Waals surface area contributed by atoms with Gasteiger partial charge in [0.25, 0.3) is 0 Å². The van der Waals surface area contributed by atoms with Crippen molar-refractivity contribution in [2.24, 2.45) is 0 Å². The van der Waals surface area contributed by atoms with Gasteiger partial charge in [0.05, 0.1) is 11.5 Å². The monoisotopic (exact) mass is 484 g/mol. The molecule has 0 saturated heterocycles. The molecule has 30 heavy (non-hydrogen) atoms. The molecule has 1 N–H and O–H groups in total. The second-order valence-electron chi connectivity index (χ2n) is 6.34. The number of aromatic nitrogens is 1. The number of carbonyl (C=O) groups is 2. The van der Waals surface area contributed by atoms with Gasteiger partial charge in [-0.2, -0.15) is 13.2 Å². The molecule has 0 unspecified atom stereocenters. The fraction of sp³-hybridized carbons (Fsp3) is 0.353. The van der Waals surface area contributed by atoms with Crippen LogP contribution in [0, 0.1) is 0 Å². The van der Waals surface area contributed by atoms with Gasteiger partial charge in [0.15, 0.2) is 20.7 Å². The SMILES string of the molecule is CCOC(=O)c1sc(NC(=O)C(C)(C)S(=O)(=O)c2ccc(Cl)cc2)nc1C(F)(F)F. The van der Waals surface area contributed by atoms with Crippen LogP contribution in [0.1, 0.15) is 36.1 Å². The van der Waals surface area contributed by atoms with Crippen molar-refractivity contribution in [1.82, 2.24) is 4.98 Å². The highest BCUT2D eigenvalue weighted by Crippen LogP contribution is 2.37. The van der Waals surface area contributed by atoms with Crippen LogP contribution in [-0.2, 0) is 25.5 Å². The Bertz CT molecular complexity index is 1060. The number of amides is 1. The van der Waals surface area contributed by atoms with Crippen LogP contribution in [-0.4, -0.2) is 36.6 Å². The number of hydrogen-bond donors (Lipinski definition) is 1. The van der Waals surface area contributed by atoms with Gasteiger partial charge in [-0.1, -0.05) is 22.9 Å². The topological polar surface area (TPSA) is 102 Å². The van der Waals surface area contributed by atoms with Crippen molar-refractivity contribution in [2.75, 3.05) is 11.9 Å². The van der Waals surface area contributed by atoms with E-state index >= 15 is 0 Å². The van der Waals surface area contributed by atoms with Gasteiger partial charge in [-0.3, -0.25) is 4.79 Å². The predicted octanol–water partition coefficient (Wildman–Crippen LogP) is 4.18. The van der Waals surface area contributed by atoms with Crippen LogP contribution in [0.4, 0.5) is 18.3 Å². The molecular weight excluding hydrogens is 469 g/mol. The molecule has 1 aromatic carbocycles. The Kier molecular flexibility index (Phi) is 6.84. The summed E-state index contributed by atoms with van der Waals surface area (Å²) in [6, 6.07) is 5.06. The maximum absolute atomic E-state index is 13.2. The summed E-state index contributed by atoms with van der Waals surface area (Å²) >= 11 is 5.97. The Morgan fingerprint density at radius 2 is 1.77 bits per heavy atom. The van der Waals surface area contributed by atoms with Crippen molar-refractivity contribution in [2.45, 2.75) is 36.6 Å². The van der Waals surface area contributed by atoms with Crippen LogP contribution in [0.3, 0.4) is 0 Å². The minimum Gasteiger partial charge on any atom is -0.462 e. The van der Waals surface area contributed by atoms with Crippen LogP contribution < -0.4 is 5.32 Å². The summed E-state index contributed by atoms with van der Waals surface area (Å²) in [6.45, 7) is 3.44. The van der Waals surface area contributed by atoms with Crippen molar-refractivity contribution >= 4 is 49.8 Å². The summed E-state index contributed by atoms with van der Waals surface area (Å²) in [5.74, 6) is -2.38. The third-order valence-corrected chi connectivity index (χ3v) is 7.54. The zero-order chi connectivity index (χ0) is 22.9. The maximum atomic E-state index is 13.2. The van der Waals surface area contributed by atoms with Gasteiger partial charge in [0.1, 0.15) is 9.62 Å². The summed E-state index contributed by atoms with van der Waals surface area (Å²) in [4.78, 5) is 26.7. The first-order valence-corrected chi connectivity index (χ1v) is 11.0. The highest BCUT2D eigenvalue weighted by molar-refractivity contribution is 7.93. The second-order valence-corrected chi connectivity index (χ2v) is 10.3. The second kappa shape index (κ2) is 8.52. The smallest absolute Gasteiger partial charge is 0.435 e. The number of rotatable bonds is 6. The van der Waals surface area contributed by atoms with E-state index in [0.29, 0.717) is 0 Å². The molecule has 7 nitrogen and oxygen atoms in total. The Balaban J connectivity index is 2.38. The van der Waals surface area contributed by atoms with Crippen molar-refractivity contribution in [1.29, 1.82) is 0 Å². The minimum atomic E-state index is -4.98. The number of esters is 1. The molecule has 0 radical (unpaired) electrons. The summed E-state index contributed by atoms with van der Waals surface area (Å²) in [5.41, 5.74) is -1.53. The van der Waals surface area contributed by atoms with Crippen LogP contribution in [0.5, 0.6) is 0 Å². The highest BCUT2D eigenvalue weighted by Gasteiger charge is 2.44. The van der Waals surface area contributed by atoms with Crippen molar-refractivity contribution < 1.29 is 35.9 Å². The number of nitrogens with one attached hydrogen (secondary N) is 1. The molecule has 0 aliphatic heterocycles. The Morgan fingerprint density at radius 3 is 2.27 bits per heavy atom. The van der Waals surface area contributed by atoms with Crippen LogP contribution in [0.25, 0.3) is 0 Å². The number of halogens is 4. The molecule has 0 bridgehead atoms. The third-order valence-electron chi connectivity index (χ3n) is 3.92. The number of sulfone groups is 1. The number of hydrogen-bond acceptors (Lipinski definition) is 7. The lowest BCUT2D eigenvalue weighted by Gasteiger charge is -2.23. The average Bonchev–Trinajstić information content (AvgIpc) is 3.06. The number of alkyl halides is 3. The summed E-state index contributed by atoms with van der Waals surface area (Å²) < 4.78 is 67.8. The number of anilines is 1. The highest BCUT2D eigenvalue weighted by atomic mass is 35.5. The molecule has 13 heteroatoms. The third kappa shape index (κ3) is 4.76. The van der Waals surface area contributed by atoms with Crippen molar-refractivity contribution in [3.8, 4) is 0 Å². The lowest BCUT2D eigenvalue weighted by molar-refractivity contribution is -0.141. The zero-order valence-corrected chi connectivity index (χ0v) is 18.2. The van der Waals surface area contributed by atoms with E-state index < -0.39 is 48.3 Å². The fourth-order valence-corrected chi connectivity index (χ4v) is 4.56. The number of ether oxygens (including phenoxy) is 1. The molecule has 2 rings (SSSR count). The van der Waals surface area contributed by atoms with E-state index in [1.165, 1.54) is 31.2 Å². The molecule has 0 saturated carbocycles. The van der Waals surface area contributed by atoms with Crippen LogP contribution in [0.15, 0.2) is 29.2 Å².